The molecule has 1 aliphatic rings. The predicted molar refractivity (Wildman–Crippen MR) is 59.5 cm³/mol. The smallest absolute Gasteiger partial charge is 0.192 e. The highest BCUT2D eigenvalue weighted by Crippen LogP contribution is 2.35. The van der Waals surface area contributed by atoms with E-state index in [9.17, 15) is 0 Å². The van der Waals surface area contributed by atoms with Gasteiger partial charge < -0.3 is 9.47 Å². The molecule has 0 saturated carbocycles. The first-order chi connectivity index (χ1) is 6.38. The molecule has 3 unspecified atom stereocenters. The molecule has 0 N–H and O–H groups in total. The van der Waals surface area contributed by atoms with Crippen molar-refractivity contribution in [2.45, 2.75) is 41.3 Å². The first-order valence-electron chi connectivity index (χ1n) is 4.36. The van der Waals surface area contributed by atoms with E-state index in [0.717, 1.165) is 6.42 Å². The normalized spacial score (nSPS) is 31.5. The molecule has 1 heterocycles. The van der Waals surface area contributed by atoms with Gasteiger partial charge in [0, 0.05) is 6.42 Å². The fourth-order valence-electron chi connectivity index (χ4n) is 1.19. The highest BCUT2D eigenvalue weighted by molar-refractivity contribution is 6.67. The maximum absolute atomic E-state index is 6.01. The number of rotatable bonds is 2. The fraction of sp³-hybridized carbons (Fsp3) is 1.00. The van der Waals surface area contributed by atoms with Gasteiger partial charge in [-0.15, -0.1) is 11.6 Å². The van der Waals surface area contributed by atoms with Gasteiger partial charge in [0.25, 0.3) is 0 Å². The SMILES string of the molecule is CC1CCOC(C(Cl)CC(Cl)(Cl)Cl)O1. The van der Waals surface area contributed by atoms with Crippen LogP contribution in [-0.4, -0.2) is 28.2 Å². The minimum Gasteiger partial charge on any atom is -0.351 e. The Labute approximate surface area is 104 Å². The van der Waals surface area contributed by atoms with Crippen molar-refractivity contribution in [2.24, 2.45) is 0 Å². The van der Waals surface area contributed by atoms with Crippen LogP contribution in [0.3, 0.4) is 0 Å². The van der Waals surface area contributed by atoms with Gasteiger partial charge in [-0.05, 0) is 13.3 Å². The van der Waals surface area contributed by atoms with Crippen LogP contribution >= 0.6 is 46.4 Å². The summed E-state index contributed by atoms with van der Waals surface area (Å²) in [5.74, 6) is 0. The zero-order valence-corrected chi connectivity index (χ0v) is 10.7. The van der Waals surface area contributed by atoms with E-state index < -0.39 is 15.5 Å². The molecule has 0 bridgehead atoms. The Balaban J connectivity index is 2.39. The topological polar surface area (TPSA) is 18.5 Å². The average Bonchev–Trinajstić information content (AvgIpc) is 2.01. The second-order valence-corrected chi connectivity index (χ2v) is 6.39. The monoisotopic (exact) mass is 280 g/mol. The first kappa shape index (κ1) is 13.1. The van der Waals surface area contributed by atoms with E-state index in [1.807, 2.05) is 6.92 Å². The summed E-state index contributed by atoms with van der Waals surface area (Å²) in [7, 11) is 0. The van der Waals surface area contributed by atoms with Gasteiger partial charge in [-0.2, -0.15) is 0 Å². The van der Waals surface area contributed by atoms with Crippen molar-refractivity contribution in [3.63, 3.8) is 0 Å². The molecule has 0 aromatic rings. The number of alkyl halides is 4. The second kappa shape index (κ2) is 5.42. The van der Waals surface area contributed by atoms with Gasteiger partial charge in [-0.1, -0.05) is 34.8 Å². The molecule has 14 heavy (non-hydrogen) atoms. The van der Waals surface area contributed by atoms with Gasteiger partial charge in [-0.3, -0.25) is 0 Å². The lowest BCUT2D eigenvalue weighted by Gasteiger charge is -2.32. The van der Waals surface area contributed by atoms with Crippen LogP contribution < -0.4 is 0 Å². The van der Waals surface area contributed by atoms with Gasteiger partial charge in [0.1, 0.15) is 0 Å². The maximum atomic E-state index is 6.01. The summed E-state index contributed by atoms with van der Waals surface area (Å²) in [5.41, 5.74) is 0. The molecule has 2 nitrogen and oxygen atoms in total. The standard InChI is InChI=1S/C8H12Cl4O2/c1-5-2-3-13-7(14-5)6(9)4-8(10,11)12/h5-7H,2-4H2,1H3. The summed E-state index contributed by atoms with van der Waals surface area (Å²) in [6.07, 6.45) is 0.742. The molecule has 1 rings (SSSR count). The van der Waals surface area contributed by atoms with Crippen LogP contribution in [0.5, 0.6) is 0 Å². The zero-order valence-electron chi connectivity index (χ0n) is 7.68. The predicted octanol–water partition coefficient (Wildman–Crippen LogP) is 3.51. The summed E-state index contributed by atoms with van der Waals surface area (Å²) >= 11 is 22.9. The summed E-state index contributed by atoms with van der Waals surface area (Å²) in [5, 5.41) is -0.440. The van der Waals surface area contributed by atoms with Crippen molar-refractivity contribution in [2.75, 3.05) is 6.61 Å². The van der Waals surface area contributed by atoms with Crippen LogP contribution in [0, 0.1) is 0 Å². The summed E-state index contributed by atoms with van der Waals surface area (Å²) in [6.45, 7) is 2.60. The van der Waals surface area contributed by atoms with E-state index in [-0.39, 0.29) is 12.5 Å². The molecule has 0 aromatic heterocycles. The minimum absolute atomic E-state index is 0.144. The molecular weight excluding hydrogens is 270 g/mol. The minimum atomic E-state index is -1.36. The van der Waals surface area contributed by atoms with Crippen LogP contribution in [0.1, 0.15) is 19.8 Å². The zero-order chi connectivity index (χ0) is 10.8. The third-order valence-corrected chi connectivity index (χ3v) is 2.72. The average molecular weight is 282 g/mol. The Morgan fingerprint density at radius 2 is 2.07 bits per heavy atom. The third kappa shape index (κ3) is 4.73. The summed E-state index contributed by atoms with van der Waals surface area (Å²) in [6, 6.07) is 0. The lowest BCUT2D eigenvalue weighted by molar-refractivity contribution is -0.207. The molecule has 1 saturated heterocycles. The number of hydrogen-bond donors (Lipinski definition) is 0. The van der Waals surface area contributed by atoms with Gasteiger partial charge in [-0.25, -0.2) is 0 Å². The Morgan fingerprint density at radius 3 is 2.57 bits per heavy atom. The van der Waals surface area contributed by atoms with Crippen molar-refractivity contribution in [1.29, 1.82) is 0 Å². The van der Waals surface area contributed by atoms with Crippen LogP contribution in [0.4, 0.5) is 0 Å². The molecular formula is C8H12Cl4O2. The van der Waals surface area contributed by atoms with E-state index in [2.05, 4.69) is 0 Å². The number of ether oxygens (including phenoxy) is 2. The van der Waals surface area contributed by atoms with E-state index in [0.29, 0.717) is 6.61 Å². The highest BCUT2D eigenvalue weighted by Gasteiger charge is 2.33. The summed E-state index contributed by atoms with van der Waals surface area (Å²) in [4.78, 5) is 0. The Bertz CT molecular complexity index is 183. The van der Waals surface area contributed by atoms with E-state index in [1.54, 1.807) is 0 Å². The number of halogens is 4. The van der Waals surface area contributed by atoms with Gasteiger partial charge in [0.2, 0.25) is 0 Å². The Hall–Kier alpha value is 1.08. The van der Waals surface area contributed by atoms with Crippen LogP contribution in [0.25, 0.3) is 0 Å². The first-order valence-corrected chi connectivity index (χ1v) is 5.93. The molecule has 0 aromatic carbocycles. The van der Waals surface area contributed by atoms with Crippen molar-refractivity contribution in [3.8, 4) is 0 Å². The maximum Gasteiger partial charge on any atom is 0.192 e. The van der Waals surface area contributed by atoms with Crippen molar-refractivity contribution in [1.82, 2.24) is 0 Å². The van der Waals surface area contributed by atoms with Gasteiger partial charge >= 0.3 is 0 Å². The van der Waals surface area contributed by atoms with Gasteiger partial charge in [0.15, 0.2) is 10.1 Å². The van der Waals surface area contributed by atoms with Crippen molar-refractivity contribution < 1.29 is 9.47 Å². The third-order valence-electron chi connectivity index (χ3n) is 1.89. The Morgan fingerprint density at radius 1 is 1.43 bits per heavy atom. The molecule has 0 amide bonds. The van der Waals surface area contributed by atoms with Crippen molar-refractivity contribution >= 4 is 46.4 Å². The lowest BCUT2D eigenvalue weighted by atomic mass is 10.2. The van der Waals surface area contributed by atoms with E-state index in [4.69, 9.17) is 55.9 Å². The molecule has 0 spiro atoms. The highest BCUT2D eigenvalue weighted by atomic mass is 35.6. The van der Waals surface area contributed by atoms with Gasteiger partial charge in [0.05, 0.1) is 18.1 Å². The quantitative estimate of drug-likeness (QED) is 0.721. The second-order valence-electron chi connectivity index (χ2n) is 3.31. The largest absolute Gasteiger partial charge is 0.351 e. The Kier molecular flexibility index (Phi) is 5.09. The van der Waals surface area contributed by atoms with Crippen molar-refractivity contribution in [3.05, 3.63) is 0 Å². The fourth-order valence-corrected chi connectivity index (χ4v) is 2.29. The summed E-state index contributed by atoms with van der Waals surface area (Å²) < 4.78 is 9.43. The van der Waals surface area contributed by atoms with Crippen LogP contribution in [0.15, 0.2) is 0 Å². The van der Waals surface area contributed by atoms with E-state index >= 15 is 0 Å². The van der Waals surface area contributed by atoms with Crippen LogP contribution in [-0.2, 0) is 9.47 Å². The lowest BCUT2D eigenvalue weighted by Crippen LogP contribution is -2.38. The molecule has 6 heteroatoms. The van der Waals surface area contributed by atoms with Crippen LogP contribution in [0.2, 0.25) is 0 Å². The molecule has 0 radical (unpaired) electrons. The molecule has 1 aliphatic heterocycles. The molecule has 84 valence electrons. The molecule has 3 atom stereocenters. The van der Waals surface area contributed by atoms with E-state index in [1.165, 1.54) is 0 Å². The molecule has 1 fully saturated rings. The number of hydrogen-bond acceptors (Lipinski definition) is 2. The molecule has 0 aliphatic carbocycles.